The number of likely N-dealkylation sites (N-methyl/N-ethyl adjacent to an activating group) is 1. The highest BCUT2D eigenvalue weighted by atomic mass is 127. The van der Waals surface area contributed by atoms with Crippen molar-refractivity contribution in [3.63, 3.8) is 0 Å². The molecule has 0 bridgehead atoms. The molecule has 126 valence electrons. The summed E-state index contributed by atoms with van der Waals surface area (Å²) in [6, 6.07) is 4.25. The number of rotatable bonds is 7. The fraction of sp³-hybridized carbons (Fsp3) is 0.667. The summed E-state index contributed by atoms with van der Waals surface area (Å²) in [7, 11) is 2.05. The average molecular weight is 439 g/mol. The second-order valence-corrected chi connectivity index (χ2v) is 6.60. The van der Waals surface area contributed by atoms with Gasteiger partial charge in [0.2, 0.25) is 0 Å². The van der Waals surface area contributed by atoms with Crippen molar-refractivity contribution >= 4 is 41.3 Å². The Bertz CT molecular complexity index is 444. The number of thiophene rings is 1. The maximum atomic E-state index is 9.46. The van der Waals surface area contributed by atoms with Gasteiger partial charge in [-0.2, -0.15) is 0 Å². The topological polar surface area (TPSA) is 57.1 Å². The first kappa shape index (κ1) is 19.7. The van der Waals surface area contributed by atoms with Crippen LogP contribution in [-0.4, -0.2) is 62.5 Å². The average Bonchev–Trinajstić information content (AvgIpc) is 2.96. The number of aliphatic hydroxyl groups excluding tert-OH is 1. The van der Waals surface area contributed by atoms with E-state index in [1.807, 2.05) is 0 Å². The molecule has 1 aromatic heterocycles. The van der Waals surface area contributed by atoms with Crippen LogP contribution >= 0.6 is 35.3 Å². The Labute approximate surface area is 153 Å². The number of aliphatic imine (C=N–C) groups is 1. The van der Waals surface area contributed by atoms with E-state index >= 15 is 0 Å². The zero-order valence-corrected chi connectivity index (χ0v) is 16.4. The van der Waals surface area contributed by atoms with E-state index in [0.29, 0.717) is 19.8 Å². The fourth-order valence-electron chi connectivity index (χ4n) is 2.17. The molecule has 22 heavy (non-hydrogen) atoms. The standard InChI is InChI=1S/C15H25N3O2S.HI/c1-3-16-14(17-9-15(10-19)11-20-12-15)18(2)7-6-13-5-4-8-21-13;/h4-5,8,19H,3,6-7,9-12H2,1-2H3,(H,16,17);1H. The Morgan fingerprint density at radius 3 is 2.82 bits per heavy atom. The molecule has 2 heterocycles. The predicted octanol–water partition coefficient (Wildman–Crippen LogP) is 1.81. The molecule has 0 spiro atoms. The van der Waals surface area contributed by atoms with Crippen LogP contribution in [0.15, 0.2) is 22.5 Å². The van der Waals surface area contributed by atoms with Crippen LogP contribution in [0.5, 0.6) is 0 Å². The van der Waals surface area contributed by atoms with Gasteiger partial charge in [0.15, 0.2) is 5.96 Å². The summed E-state index contributed by atoms with van der Waals surface area (Å²) in [6.07, 6.45) is 1.02. The SMILES string of the molecule is CCNC(=NCC1(CO)COC1)N(C)CCc1cccs1.I. The lowest BCUT2D eigenvalue weighted by molar-refractivity contribution is -0.130. The first-order valence-electron chi connectivity index (χ1n) is 7.39. The van der Waals surface area contributed by atoms with Gasteiger partial charge in [-0.05, 0) is 24.8 Å². The van der Waals surface area contributed by atoms with Crippen molar-refractivity contribution in [2.75, 3.05) is 46.5 Å². The molecule has 1 fully saturated rings. The van der Waals surface area contributed by atoms with E-state index < -0.39 is 0 Å². The Balaban J connectivity index is 0.00000242. The molecule has 0 saturated carbocycles. The van der Waals surface area contributed by atoms with Crippen LogP contribution in [0.1, 0.15) is 11.8 Å². The van der Waals surface area contributed by atoms with Crippen LogP contribution < -0.4 is 5.32 Å². The first-order valence-corrected chi connectivity index (χ1v) is 8.27. The Hall–Kier alpha value is -0.380. The molecule has 1 saturated heterocycles. The normalized spacial score (nSPS) is 16.6. The van der Waals surface area contributed by atoms with Gasteiger partial charge in [0.05, 0.1) is 31.8 Å². The van der Waals surface area contributed by atoms with E-state index in [2.05, 4.69) is 46.7 Å². The molecule has 1 aliphatic rings. The Morgan fingerprint density at radius 2 is 2.32 bits per heavy atom. The smallest absolute Gasteiger partial charge is 0.193 e. The van der Waals surface area contributed by atoms with Gasteiger partial charge >= 0.3 is 0 Å². The number of nitrogens with one attached hydrogen (secondary N) is 1. The van der Waals surface area contributed by atoms with Gasteiger partial charge in [-0.3, -0.25) is 4.99 Å². The lowest BCUT2D eigenvalue weighted by atomic mass is 9.87. The van der Waals surface area contributed by atoms with Gasteiger partial charge in [0.25, 0.3) is 0 Å². The number of nitrogens with zero attached hydrogens (tertiary/aromatic N) is 2. The van der Waals surface area contributed by atoms with E-state index in [1.54, 1.807) is 11.3 Å². The molecule has 0 amide bonds. The third-order valence-corrected chi connectivity index (χ3v) is 4.62. The molecule has 5 nitrogen and oxygen atoms in total. The molecule has 0 aliphatic carbocycles. The summed E-state index contributed by atoms with van der Waals surface area (Å²) in [5.74, 6) is 0.897. The van der Waals surface area contributed by atoms with Crippen molar-refractivity contribution in [2.24, 2.45) is 10.4 Å². The summed E-state index contributed by atoms with van der Waals surface area (Å²) in [5, 5.41) is 14.9. The van der Waals surface area contributed by atoms with Gasteiger partial charge in [-0.1, -0.05) is 6.07 Å². The van der Waals surface area contributed by atoms with E-state index in [0.717, 1.165) is 25.5 Å². The van der Waals surface area contributed by atoms with E-state index in [9.17, 15) is 5.11 Å². The lowest BCUT2D eigenvalue weighted by Gasteiger charge is -2.38. The van der Waals surface area contributed by atoms with Crippen molar-refractivity contribution in [3.05, 3.63) is 22.4 Å². The van der Waals surface area contributed by atoms with Gasteiger partial charge in [0, 0.05) is 25.0 Å². The number of hydrogen-bond donors (Lipinski definition) is 2. The minimum atomic E-state index is -0.171. The van der Waals surface area contributed by atoms with E-state index in [-0.39, 0.29) is 36.0 Å². The van der Waals surface area contributed by atoms with Crippen LogP contribution in [0, 0.1) is 5.41 Å². The van der Waals surface area contributed by atoms with Crippen molar-refractivity contribution in [1.82, 2.24) is 10.2 Å². The summed E-state index contributed by atoms with van der Waals surface area (Å²) in [6.45, 7) is 5.78. The van der Waals surface area contributed by atoms with Crippen molar-refractivity contribution in [3.8, 4) is 0 Å². The molecule has 0 atom stereocenters. The van der Waals surface area contributed by atoms with Gasteiger partial charge < -0.3 is 20.1 Å². The van der Waals surface area contributed by atoms with Crippen LogP contribution in [0.25, 0.3) is 0 Å². The molecule has 2 N–H and O–H groups in total. The first-order chi connectivity index (χ1) is 10.2. The van der Waals surface area contributed by atoms with Crippen LogP contribution in [0.2, 0.25) is 0 Å². The number of halogens is 1. The summed E-state index contributed by atoms with van der Waals surface area (Å²) < 4.78 is 5.22. The molecule has 0 aromatic carbocycles. The van der Waals surface area contributed by atoms with Crippen molar-refractivity contribution in [2.45, 2.75) is 13.3 Å². The predicted molar refractivity (Wildman–Crippen MR) is 102 cm³/mol. The van der Waals surface area contributed by atoms with Crippen LogP contribution in [-0.2, 0) is 11.2 Å². The molecular weight excluding hydrogens is 413 g/mol. The van der Waals surface area contributed by atoms with Crippen LogP contribution in [0.4, 0.5) is 0 Å². The number of aliphatic hydroxyl groups is 1. The van der Waals surface area contributed by atoms with E-state index in [4.69, 9.17) is 4.74 Å². The van der Waals surface area contributed by atoms with Crippen LogP contribution in [0.3, 0.4) is 0 Å². The largest absolute Gasteiger partial charge is 0.396 e. The van der Waals surface area contributed by atoms with Gasteiger partial charge in [0.1, 0.15) is 0 Å². The summed E-state index contributed by atoms with van der Waals surface area (Å²) in [5.41, 5.74) is -0.171. The van der Waals surface area contributed by atoms with Crippen molar-refractivity contribution in [1.29, 1.82) is 0 Å². The number of hydrogen-bond acceptors (Lipinski definition) is 4. The molecular formula is C15H26IN3O2S. The Kier molecular flexibility index (Phi) is 8.66. The second-order valence-electron chi connectivity index (χ2n) is 5.57. The third kappa shape index (κ3) is 5.36. The zero-order valence-electron chi connectivity index (χ0n) is 13.2. The highest BCUT2D eigenvalue weighted by Crippen LogP contribution is 2.26. The highest BCUT2D eigenvalue weighted by Gasteiger charge is 2.38. The van der Waals surface area contributed by atoms with Gasteiger partial charge in [-0.25, -0.2) is 0 Å². The fourth-order valence-corrected chi connectivity index (χ4v) is 2.87. The molecule has 1 aromatic rings. The van der Waals surface area contributed by atoms with Crippen molar-refractivity contribution < 1.29 is 9.84 Å². The third-order valence-electron chi connectivity index (χ3n) is 3.69. The molecule has 0 unspecified atom stereocenters. The minimum Gasteiger partial charge on any atom is -0.396 e. The zero-order chi connectivity index (χ0) is 15.1. The summed E-state index contributed by atoms with van der Waals surface area (Å²) >= 11 is 1.79. The molecule has 1 aliphatic heterocycles. The monoisotopic (exact) mass is 439 g/mol. The highest BCUT2D eigenvalue weighted by molar-refractivity contribution is 14.0. The molecule has 0 radical (unpaired) electrons. The second kappa shape index (κ2) is 9.69. The Morgan fingerprint density at radius 1 is 1.55 bits per heavy atom. The molecule has 7 heteroatoms. The minimum absolute atomic E-state index is 0. The molecule has 2 rings (SSSR count). The quantitative estimate of drug-likeness (QED) is 0.387. The van der Waals surface area contributed by atoms with Gasteiger partial charge in [-0.15, -0.1) is 35.3 Å². The maximum Gasteiger partial charge on any atom is 0.193 e. The van der Waals surface area contributed by atoms with E-state index in [1.165, 1.54) is 4.88 Å². The maximum absolute atomic E-state index is 9.46. The number of ether oxygens (including phenoxy) is 1. The summed E-state index contributed by atoms with van der Waals surface area (Å²) in [4.78, 5) is 8.21. The lowest BCUT2D eigenvalue weighted by Crippen LogP contribution is -2.49. The number of guanidine groups is 1.